The molecular formula is C11H14FNO. The van der Waals surface area contributed by atoms with Crippen LogP contribution < -0.4 is 10.5 Å². The molecule has 0 aliphatic carbocycles. The largest absolute Gasteiger partial charge is 0.490 e. The molecule has 0 bridgehead atoms. The number of benzene rings is 1. The average Bonchev–Trinajstić information content (AvgIpc) is 2.20. The third kappa shape index (κ3) is 1.60. The minimum Gasteiger partial charge on any atom is -0.490 e. The summed E-state index contributed by atoms with van der Waals surface area (Å²) in [6, 6.07) is 5.09. The van der Waals surface area contributed by atoms with Crippen LogP contribution in [0.5, 0.6) is 5.75 Å². The van der Waals surface area contributed by atoms with Gasteiger partial charge < -0.3 is 10.5 Å². The maximum atomic E-state index is 13.3. The molecule has 2 N–H and O–H groups in total. The quantitative estimate of drug-likeness (QED) is 0.783. The van der Waals surface area contributed by atoms with Crippen molar-refractivity contribution in [3.05, 3.63) is 29.6 Å². The lowest BCUT2D eigenvalue weighted by Gasteiger charge is -2.25. The van der Waals surface area contributed by atoms with E-state index in [0.29, 0.717) is 24.8 Å². The van der Waals surface area contributed by atoms with Crippen molar-refractivity contribution in [3.8, 4) is 5.75 Å². The number of hydrogen-bond donors (Lipinski definition) is 1. The second kappa shape index (κ2) is 3.96. The molecule has 1 unspecified atom stereocenters. The molecular weight excluding hydrogens is 181 g/mol. The molecule has 1 aliphatic heterocycles. The summed E-state index contributed by atoms with van der Waals surface area (Å²) in [5.41, 5.74) is 6.49. The molecule has 0 radical (unpaired) electrons. The van der Waals surface area contributed by atoms with Crippen LogP contribution in [0, 0.1) is 5.82 Å². The van der Waals surface area contributed by atoms with Gasteiger partial charge in [-0.05, 0) is 31.4 Å². The number of halogens is 1. The molecule has 1 atom stereocenters. The Kier molecular flexibility index (Phi) is 2.68. The third-order valence-electron chi connectivity index (χ3n) is 2.67. The van der Waals surface area contributed by atoms with E-state index >= 15 is 0 Å². The highest BCUT2D eigenvalue weighted by Gasteiger charge is 2.22. The summed E-state index contributed by atoms with van der Waals surface area (Å²) >= 11 is 0. The van der Waals surface area contributed by atoms with Crippen LogP contribution in [-0.4, -0.2) is 13.2 Å². The van der Waals surface area contributed by atoms with Crippen molar-refractivity contribution in [2.24, 2.45) is 5.73 Å². The lowest BCUT2D eigenvalue weighted by atomic mass is 9.90. The van der Waals surface area contributed by atoms with E-state index in [2.05, 4.69) is 0 Å². The summed E-state index contributed by atoms with van der Waals surface area (Å²) in [4.78, 5) is 0. The van der Waals surface area contributed by atoms with Crippen molar-refractivity contribution in [1.82, 2.24) is 0 Å². The van der Waals surface area contributed by atoms with Crippen LogP contribution in [-0.2, 0) is 0 Å². The van der Waals surface area contributed by atoms with Gasteiger partial charge in [-0.3, -0.25) is 0 Å². The highest BCUT2D eigenvalue weighted by Crippen LogP contribution is 2.36. The van der Waals surface area contributed by atoms with E-state index in [1.807, 2.05) is 6.07 Å². The molecule has 0 fully saturated rings. The zero-order chi connectivity index (χ0) is 9.97. The van der Waals surface area contributed by atoms with Crippen LogP contribution in [0.15, 0.2) is 18.2 Å². The lowest BCUT2D eigenvalue weighted by Crippen LogP contribution is -2.17. The first kappa shape index (κ1) is 9.46. The standard InChI is InChI=1S/C11H14FNO/c12-10-3-1-2-9-8(4-6-13)5-7-14-11(9)10/h1-3,8H,4-7,13H2. The van der Waals surface area contributed by atoms with Gasteiger partial charge in [-0.15, -0.1) is 0 Å². The topological polar surface area (TPSA) is 35.2 Å². The second-order valence-corrected chi connectivity index (χ2v) is 3.57. The van der Waals surface area contributed by atoms with Crippen LogP contribution in [0.2, 0.25) is 0 Å². The van der Waals surface area contributed by atoms with E-state index in [1.165, 1.54) is 6.07 Å². The van der Waals surface area contributed by atoms with Crippen molar-refractivity contribution in [2.45, 2.75) is 18.8 Å². The first-order valence-corrected chi connectivity index (χ1v) is 4.94. The Hall–Kier alpha value is -1.09. The molecule has 14 heavy (non-hydrogen) atoms. The minimum atomic E-state index is -0.260. The predicted octanol–water partition coefficient (Wildman–Crippen LogP) is 2.04. The Morgan fingerprint density at radius 3 is 3.14 bits per heavy atom. The summed E-state index contributed by atoms with van der Waals surface area (Å²) in [5, 5.41) is 0. The minimum absolute atomic E-state index is 0.260. The molecule has 1 heterocycles. The van der Waals surface area contributed by atoms with Crippen LogP contribution in [0.3, 0.4) is 0 Å². The zero-order valence-electron chi connectivity index (χ0n) is 8.00. The Labute approximate surface area is 82.9 Å². The molecule has 0 saturated heterocycles. The summed E-state index contributed by atoms with van der Waals surface area (Å²) in [7, 11) is 0. The Morgan fingerprint density at radius 2 is 2.36 bits per heavy atom. The number of nitrogens with two attached hydrogens (primary N) is 1. The molecule has 0 spiro atoms. The van der Waals surface area contributed by atoms with E-state index < -0.39 is 0 Å². The molecule has 3 heteroatoms. The number of para-hydroxylation sites is 1. The number of fused-ring (bicyclic) bond motifs is 1. The van der Waals surface area contributed by atoms with Gasteiger partial charge in [-0.2, -0.15) is 0 Å². The smallest absolute Gasteiger partial charge is 0.165 e. The normalized spacial score (nSPS) is 20.0. The van der Waals surface area contributed by atoms with Crippen LogP contribution in [0.1, 0.15) is 24.3 Å². The average molecular weight is 195 g/mol. The Morgan fingerprint density at radius 1 is 1.50 bits per heavy atom. The van der Waals surface area contributed by atoms with Crippen molar-refractivity contribution >= 4 is 0 Å². The molecule has 2 nitrogen and oxygen atoms in total. The monoisotopic (exact) mass is 195 g/mol. The maximum absolute atomic E-state index is 13.3. The first-order valence-electron chi connectivity index (χ1n) is 4.94. The molecule has 1 aromatic carbocycles. The molecule has 0 amide bonds. The SMILES string of the molecule is NCCC1CCOc2c(F)cccc21. The van der Waals surface area contributed by atoms with Gasteiger partial charge in [0.1, 0.15) is 0 Å². The lowest BCUT2D eigenvalue weighted by molar-refractivity contribution is 0.251. The molecule has 0 aromatic heterocycles. The number of ether oxygens (including phenoxy) is 1. The molecule has 1 aromatic rings. The van der Waals surface area contributed by atoms with Gasteiger partial charge in [0.2, 0.25) is 0 Å². The maximum Gasteiger partial charge on any atom is 0.165 e. The van der Waals surface area contributed by atoms with Crippen LogP contribution >= 0.6 is 0 Å². The van der Waals surface area contributed by atoms with Gasteiger partial charge >= 0.3 is 0 Å². The molecule has 0 saturated carbocycles. The number of rotatable bonds is 2. The van der Waals surface area contributed by atoms with Crippen LogP contribution in [0.4, 0.5) is 4.39 Å². The van der Waals surface area contributed by atoms with Gasteiger partial charge in [0.15, 0.2) is 11.6 Å². The fraction of sp³-hybridized carbons (Fsp3) is 0.455. The summed E-state index contributed by atoms with van der Waals surface area (Å²) < 4.78 is 18.6. The van der Waals surface area contributed by atoms with Crippen molar-refractivity contribution in [1.29, 1.82) is 0 Å². The zero-order valence-corrected chi connectivity index (χ0v) is 8.00. The predicted molar refractivity (Wildman–Crippen MR) is 52.9 cm³/mol. The third-order valence-corrected chi connectivity index (χ3v) is 2.67. The first-order chi connectivity index (χ1) is 6.83. The fourth-order valence-corrected chi connectivity index (χ4v) is 1.96. The highest BCUT2D eigenvalue weighted by molar-refractivity contribution is 5.39. The van der Waals surface area contributed by atoms with Gasteiger partial charge in [0, 0.05) is 5.56 Å². The van der Waals surface area contributed by atoms with Crippen molar-refractivity contribution < 1.29 is 9.13 Å². The summed E-state index contributed by atoms with van der Waals surface area (Å²) in [6.45, 7) is 1.24. The Bertz CT molecular complexity index is 327. The van der Waals surface area contributed by atoms with Gasteiger partial charge in [0.05, 0.1) is 6.61 Å². The van der Waals surface area contributed by atoms with Gasteiger partial charge in [-0.25, -0.2) is 4.39 Å². The fourth-order valence-electron chi connectivity index (χ4n) is 1.96. The van der Waals surface area contributed by atoms with Gasteiger partial charge in [-0.1, -0.05) is 12.1 Å². The van der Waals surface area contributed by atoms with E-state index in [4.69, 9.17) is 10.5 Å². The summed E-state index contributed by atoms with van der Waals surface area (Å²) in [5.74, 6) is 0.529. The molecule has 2 rings (SSSR count). The van der Waals surface area contributed by atoms with E-state index in [0.717, 1.165) is 18.4 Å². The van der Waals surface area contributed by atoms with E-state index in [-0.39, 0.29) is 5.82 Å². The van der Waals surface area contributed by atoms with Crippen LogP contribution in [0.25, 0.3) is 0 Å². The highest BCUT2D eigenvalue weighted by atomic mass is 19.1. The van der Waals surface area contributed by atoms with Crippen molar-refractivity contribution in [3.63, 3.8) is 0 Å². The van der Waals surface area contributed by atoms with Gasteiger partial charge in [0.25, 0.3) is 0 Å². The molecule has 1 aliphatic rings. The molecule has 76 valence electrons. The van der Waals surface area contributed by atoms with Crippen molar-refractivity contribution in [2.75, 3.05) is 13.2 Å². The Balaban J connectivity index is 2.34. The number of hydrogen-bond acceptors (Lipinski definition) is 2. The van der Waals surface area contributed by atoms with E-state index in [1.54, 1.807) is 6.07 Å². The van der Waals surface area contributed by atoms with E-state index in [9.17, 15) is 4.39 Å². The summed E-state index contributed by atoms with van der Waals surface area (Å²) in [6.07, 6.45) is 1.84. The second-order valence-electron chi connectivity index (χ2n) is 3.57.